The molecule has 12 heavy (non-hydrogen) atoms. The highest BCUT2D eigenvalue weighted by Gasteiger charge is 2.16. The van der Waals surface area contributed by atoms with Crippen LogP contribution in [0.25, 0.3) is 6.08 Å². The molecule has 0 bridgehead atoms. The average molecular weight is 165 g/mol. The van der Waals surface area contributed by atoms with Crippen LogP contribution in [0.5, 0.6) is 0 Å². The van der Waals surface area contributed by atoms with Gasteiger partial charge in [-0.3, -0.25) is 4.90 Å². The minimum absolute atomic E-state index is 0.348. The zero-order chi connectivity index (χ0) is 8.55. The lowest BCUT2D eigenvalue weighted by Gasteiger charge is -2.16. The Morgan fingerprint density at radius 2 is 2.58 bits per heavy atom. The Bertz CT molecular complexity index is 342. The van der Waals surface area contributed by atoms with Crippen LogP contribution in [0.15, 0.2) is 12.5 Å². The van der Waals surface area contributed by atoms with Gasteiger partial charge in [0, 0.05) is 6.20 Å². The van der Waals surface area contributed by atoms with Crippen LogP contribution in [-0.4, -0.2) is 26.1 Å². The van der Waals surface area contributed by atoms with Crippen LogP contribution < -0.4 is 0 Å². The molecule has 5 heteroatoms. The van der Waals surface area contributed by atoms with Crippen LogP contribution in [0.2, 0.25) is 0 Å². The summed E-state index contributed by atoms with van der Waals surface area (Å²) in [6.45, 7) is 0.348. The van der Waals surface area contributed by atoms with Crippen molar-refractivity contribution in [1.29, 1.82) is 0 Å². The summed E-state index contributed by atoms with van der Waals surface area (Å²) < 4.78 is 0. The molecule has 2 heterocycles. The summed E-state index contributed by atoms with van der Waals surface area (Å²) in [6.07, 6.45) is 3.78. The number of hydrogen-bond acceptors (Lipinski definition) is 2. The third-order valence-electron chi connectivity index (χ3n) is 1.74. The number of nitrogens with one attached hydrogen (secondary N) is 1. The first kappa shape index (κ1) is 6.90. The van der Waals surface area contributed by atoms with E-state index in [4.69, 9.17) is 5.11 Å². The first-order valence-corrected chi connectivity index (χ1v) is 3.47. The second-order valence-electron chi connectivity index (χ2n) is 2.49. The van der Waals surface area contributed by atoms with Crippen molar-refractivity contribution in [3.8, 4) is 0 Å². The Morgan fingerprint density at radius 3 is 3.33 bits per heavy atom. The van der Waals surface area contributed by atoms with Gasteiger partial charge in [-0.25, -0.2) is 9.78 Å². The Kier molecular flexibility index (Phi) is 1.36. The van der Waals surface area contributed by atoms with Gasteiger partial charge in [0.1, 0.15) is 0 Å². The molecule has 0 fully saturated rings. The zero-order valence-corrected chi connectivity index (χ0v) is 6.19. The van der Waals surface area contributed by atoms with Crippen molar-refractivity contribution in [3.63, 3.8) is 0 Å². The summed E-state index contributed by atoms with van der Waals surface area (Å²) in [7, 11) is 0. The van der Waals surface area contributed by atoms with E-state index in [1.54, 1.807) is 12.4 Å². The summed E-state index contributed by atoms with van der Waals surface area (Å²) in [6, 6.07) is 0. The van der Waals surface area contributed by atoms with Crippen molar-refractivity contribution in [3.05, 3.63) is 23.9 Å². The van der Waals surface area contributed by atoms with E-state index in [0.29, 0.717) is 6.54 Å². The molecule has 0 aliphatic carbocycles. The molecule has 5 nitrogen and oxygen atoms in total. The molecule has 0 aromatic carbocycles. The number of aromatic amines is 1. The molecule has 0 atom stereocenters. The highest BCUT2D eigenvalue weighted by atomic mass is 16.4. The van der Waals surface area contributed by atoms with E-state index in [1.807, 2.05) is 0 Å². The van der Waals surface area contributed by atoms with Crippen LogP contribution in [0.1, 0.15) is 11.4 Å². The lowest BCUT2D eigenvalue weighted by Crippen LogP contribution is -2.25. The van der Waals surface area contributed by atoms with Gasteiger partial charge in [0.15, 0.2) is 0 Å². The predicted molar refractivity (Wildman–Crippen MR) is 41.2 cm³/mol. The molecular weight excluding hydrogens is 158 g/mol. The number of rotatable bonds is 0. The highest BCUT2D eigenvalue weighted by Crippen LogP contribution is 2.14. The predicted octanol–water partition coefficient (Wildman–Crippen LogP) is 0.874. The fraction of sp³-hybridized carbons (Fsp3) is 0.143. The maximum absolute atomic E-state index is 10.5. The van der Waals surface area contributed by atoms with Crippen molar-refractivity contribution >= 4 is 12.2 Å². The second-order valence-corrected chi connectivity index (χ2v) is 2.49. The van der Waals surface area contributed by atoms with Gasteiger partial charge in [0.2, 0.25) is 0 Å². The monoisotopic (exact) mass is 165 g/mol. The van der Waals surface area contributed by atoms with Gasteiger partial charge in [0.05, 0.1) is 24.3 Å². The lowest BCUT2D eigenvalue weighted by molar-refractivity contribution is 0.160. The Morgan fingerprint density at radius 1 is 1.75 bits per heavy atom. The van der Waals surface area contributed by atoms with Gasteiger partial charge < -0.3 is 10.1 Å². The van der Waals surface area contributed by atoms with E-state index in [1.165, 1.54) is 11.1 Å². The Balaban J connectivity index is 2.30. The van der Waals surface area contributed by atoms with Crippen molar-refractivity contribution in [2.45, 2.75) is 6.54 Å². The number of H-pyrrole nitrogens is 1. The zero-order valence-electron chi connectivity index (χ0n) is 6.19. The van der Waals surface area contributed by atoms with Gasteiger partial charge in [-0.15, -0.1) is 0 Å². The third kappa shape index (κ3) is 0.952. The summed E-state index contributed by atoms with van der Waals surface area (Å²) in [5.74, 6) is 0. The first-order chi connectivity index (χ1) is 5.77. The molecule has 62 valence electrons. The van der Waals surface area contributed by atoms with Crippen molar-refractivity contribution in [2.24, 2.45) is 0 Å². The van der Waals surface area contributed by atoms with E-state index in [2.05, 4.69) is 9.97 Å². The highest BCUT2D eigenvalue weighted by molar-refractivity contribution is 5.69. The minimum atomic E-state index is -0.952. The standard InChI is InChI=1S/C7H7N3O2/c11-7(12)10-2-1-5-6(3-10)9-4-8-5/h1-2,4H,3H2,(H,8,9)(H,11,12). The van der Waals surface area contributed by atoms with Crippen molar-refractivity contribution in [1.82, 2.24) is 14.9 Å². The maximum atomic E-state index is 10.5. The number of amides is 1. The van der Waals surface area contributed by atoms with Gasteiger partial charge in [-0.2, -0.15) is 0 Å². The number of fused-ring (bicyclic) bond motifs is 1. The topological polar surface area (TPSA) is 69.2 Å². The van der Waals surface area contributed by atoms with Gasteiger partial charge in [-0.1, -0.05) is 0 Å². The van der Waals surface area contributed by atoms with Crippen molar-refractivity contribution < 1.29 is 9.90 Å². The normalized spacial score (nSPS) is 14.5. The van der Waals surface area contributed by atoms with E-state index in [-0.39, 0.29) is 0 Å². The molecule has 0 saturated carbocycles. The molecule has 2 N–H and O–H groups in total. The van der Waals surface area contributed by atoms with Gasteiger partial charge in [0.25, 0.3) is 0 Å². The minimum Gasteiger partial charge on any atom is -0.465 e. The molecule has 2 rings (SSSR count). The Labute approximate surface area is 68.3 Å². The SMILES string of the molecule is O=C(O)N1C=Cc2nc[nH]c2C1. The lowest BCUT2D eigenvalue weighted by atomic mass is 10.2. The summed E-state index contributed by atoms with van der Waals surface area (Å²) >= 11 is 0. The molecule has 1 amide bonds. The van der Waals surface area contributed by atoms with Gasteiger partial charge in [-0.05, 0) is 6.08 Å². The fourth-order valence-electron chi connectivity index (χ4n) is 1.12. The number of carbonyl (C=O) groups is 1. The molecular formula is C7H7N3O2. The van der Waals surface area contributed by atoms with E-state index < -0.39 is 6.09 Å². The molecule has 0 radical (unpaired) electrons. The average Bonchev–Trinajstić information content (AvgIpc) is 2.49. The summed E-state index contributed by atoms with van der Waals surface area (Å²) in [4.78, 5) is 18.6. The quantitative estimate of drug-likeness (QED) is 0.599. The van der Waals surface area contributed by atoms with Crippen LogP contribution in [0.4, 0.5) is 4.79 Å². The van der Waals surface area contributed by atoms with Crippen LogP contribution in [0.3, 0.4) is 0 Å². The number of nitrogens with zero attached hydrogens (tertiary/aromatic N) is 2. The second kappa shape index (κ2) is 2.37. The van der Waals surface area contributed by atoms with E-state index >= 15 is 0 Å². The third-order valence-corrected chi connectivity index (χ3v) is 1.74. The molecule has 1 aromatic rings. The number of hydrogen-bond donors (Lipinski definition) is 2. The molecule has 1 aliphatic heterocycles. The van der Waals surface area contributed by atoms with Crippen LogP contribution in [-0.2, 0) is 6.54 Å². The molecule has 0 unspecified atom stereocenters. The first-order valence-electron chi connectivity index (χ1n) is 3.47. The fourth-order valence-corrected chi connectivity index (χ4v) is 1.12. The van der Waals surface area contributed by atoms with E-state index in [0.717, 1.165) is 11.4 Å². The van der Waals surface area contributed by atoms with Crippen molar-refractivity contribution in [2.75, 3.05) is 0 Å². The molecule has 0 spiro atoms. The Hall–Kier alpha value is -1.78. The number of carboxylic acid groups (broad SMARTS) is 1. The molecule has 0 saturated heterocycles. The smallest absolute Gasteiger partial charge is 0.411 e. The molecule has 1 aliphatic rings. The number of imidazole rings is 1. The van der Waals surface area contributed by atoms with Crippen LogP contribution in [0, 0.1) is 0 Å². The van der Waals surface area contributed by atoms with Gasteiger partial charge >= 0.3 is 6.09 Å². The molecule has 1 aromatic heterocycles. The van der Waals surface area contributed by atoms with Crippen LogP contribution >= 0.6 is 0 Å². The largest absolute Gasteiger partial charge is 0.465 e. The summed E-state index contributed by atoms with van der Waals surface area (Å²) in [5.41, 5.74) is 1.65. The maximum Gasteiger partial charge on any atom is 0.411 e. The van der Waals surface area contributed by atoms with E-state index in [9.17, 15) is 4.79 Å². The number of aromatic nitrogens is 2. The summed E-state index contributed by atoms with van der Waals surface area (Å²) in [5, 5.41) is 8.64.